The van der Waals surface area contributed by atoms with Gasteiger partial charge in [-0.15, -0.1) is 0 Å². The number of carbonyl (C=O) groups is 2. The number of likely N-dealkylation sites (N-methyl/N-ethyl adjacent to an activating group) is 1. The quantitative estimate of drug-likeness (QED) is 0.732. The third-order valence-electron chi connectivity index (χ3n) is 7.82. The van der Waals surface area contributed by atoms with Crippen molar-refractivity contribution in [2.24, 2.45) is 11.8 Å². The SMILES string of the molecule is CC(=O)N1C[C@@H]2CCCN3CCC[C@@H]([C@H]23)[C@H]1CCCC(=O)N1CCN(C)CC1. The van der Waals surface area contributed by atoms with Gasteiger partial charge in [-0.05, 0) is 70.5 Å². The van der Waals surface area contributed by atoms with Gasteiger partial charge in [0.15, 0.2) is 0 Å². The summed E-state index contributed by atoms with van der Waals surface area (Å²) in [5.41, 5.74) is 0. The highest BCUT2D eigenvalue weighted by Gasteiger charge is 2.48. The molecule has 0 spiro atoms. The van der Waals surface area contributed by atoms with E-state index in [0.717, 1.165) is 45.6 Å². The molecule has 4 rings (SSSR count). The minimum Gasteiger partial charge on any atom is -0.340 e. The van der Waals surface area contributed by atoms with Crippen molar-refractivity contribution in [1.82, 2.24) is 19.6 Å². The summed E-state index contributed by atoms with van der Waals surface area (Å²) < 4.78 is 0. The molecule has 0 saturated carbocycles. The molecule has 4 atom stereocenters. The zero-order valence-electron chi connectivity index (χ0n) is 17.8. The van der Waals surface area contributed by atoms with Crippen LogP contribution in [0.15, 0.2) is 0 Å². The van der Waals surface area contributed by atoms with Gasteiger partial charge in [0.05, 0.1) is 0 Å². The van der Waals surface area contributed by atoms with Crippen molar-refractivity contribution >= 4 is 11.8 Å². The van der Waals surface area contributed by atoms with Gasteiger partial charge in [0.1, 0.15) is 0 Å². The maximum atomic E-state index is 12.6. The van der Waals surface area contributed by atoms with Crippen molar-refractivity contribution in [3.8, 4) is 0 Å². The van der Waals surface area contributed by atoms with Crippen LogP contribution in [-0.4, -0.2) is 96.4 Å². The number of piperazine rings is 1. The summed E-state index contributed by atoms with van der Waals surface area (Å²) in [5, 5.41) is 0. The van der Waals surface area contributed by atoms with Crippen LogP contribution >= 0.6 is 0 Å². The topological polar surface area (TPSA) is 47.1 Å². The Hall–Kier alpha value is -1.14. The van der Waals surface area contributed by atoms with Crippen molar-refractivity contribution in [2.75, 3.05) is 52.9 Å². The minimum absolute atomic E-state index is 0.233. The van der Waals surface area contributed by atoms with Gasteiger partial charge in [0, 0.05) is 58.2 Å². The molecule has 4 fully saturated rings. The normalized spacial score (nSPS) is 34.2. The molecular formula is C22H38N4O2. The van der Waals surface area contributed by atoms with Crippen molar-refractivity contribution in [3.63, 3.8) is 0 Å². The smallest absolute Gasteiger partial charge is 0.222 e. The van der Waals surface area contributed by atoms with Gasteiger partial charge in [-0.2, -0.15) is 0 Å². The highest BCUT2D eigenvalue weighted by molar-refractivity contribution is 5.76. The fraction of sp³-hybridized carbons (Fsp3) is 0.909. The van der Waals surface area contributed by atoms with Crippen molar-refractivity contribution in [3.05, 3.63) is 0 Å². The van der Waals surface area contributed by atoms with Crippen LogP contribution in [0.2, 0.25) is 0 Å². The molecule has 4 aliphatic rings. The van der Waals surface area contributed by atoms with E-state index in [1.54, 1.807) is 6.92 Å². The molecule has 158 valence electrons. The monoisotopic (exact) mass is 390 g/mol. The molecule has 0 bridgehead atoms. The van der Waals surface area contributed by atoms with Gasteiger partial charge in [-0.3, -0.25) is 14.5 Å². The molecule has 2 amide bonds. The Kier molecular flexibility index (Phi) is 6.26. The number of carbonyl (C=O) groups excluding carboxylic acids is 2. The lowest BCUT2D eigenvalue weighted by atomic mass is 9.69. The second-order valence-corrected chi connectivity index (χ2v) is 9.55. The first-order valence-corrected chi connectivity index (χ1v) is 11.5. The molecule has 6 nitrogen and oxygen atoms in total. The van der Waals surface area contributed by atoms with E-state index >= 15 is 0 Å². The zero-order valence-corrected chi connectivity index (χ0v) is 17.8. The molecule has 4 saturated heterocycles. The summed E-state index contributed by atoms with van der Waals surface area (Å²) in [4.78, 5) is 34.3. The van der Waals surface area contributed by atoms with E-state index < -0.39 is 0 Å². The van der Waals surface area contributed by atoms with E-state index in [2.05, 4.69) is 21.7 Å². The second kappa shape index (κ2) is 8.70. The first kappa shape index (κ1) is 20.1. The molecule has 4 aliphatic heterocycles. The maximum Gasteiger partial charge on any atom is 0.222 e. The fourth-order valence-electron chi connectivity index (χ4n) is 6.40. The number of rotatable bonds is 4. The van der Waals surface area contributed by atoms with E-state index in [-0.39, 0.29) is 5.91 Å². The van der Waals surface area contributed by atoms with Crippen molar-refractivity contribution in [1.29, 1.82) is 0 Å². The molecule has 0 aromatic rings. The number of hydrogen-bond donors (Lipinski definition) is 0. The number of amides is 2. The van der Waals surface area contributed by atoms with Crippen LogP contribution in [0.1, 0.15) is 51.9 Å². The molecule has 0 N–H and O–H groups in total. The highest BCUT2D eigenvalue weighted by atomic mass is 16.2. The summed E-state index contributed by atoms with van der Waals surface area (Å²) in [5.74, 6) is 1.80. The Morgan fingerprint density at radius 2 is 1.68 bits per heavy atom. The van der Waals surface area contributed by atoms with Crippen LogP contribution in [0.25, 0.3) is 0 Å². The highest BCUT2D eigenvalue weighted by Crippen LogP contribution is 2.43. The summed E-state index contributed by atoms with van der Waals surface area (Å²) in [6.07, 6.45) is 7.60. The molecule has 0 radical (unpaired) electrons. The van der Waals surface area contributed by atoms with Crippen LogP contribution < -0.4 is 0 Å². The van der Waals surface area contributed by atoms with Crippen LogP contribution in [0.4, 0.5) is 0 Å². The molecule has 28 heavy (non-hydrogen) atoms. The van der Waals surface area contributed by atoms with E-state index in [0.29, 0.717) is 36.2 Å². The second-order valence-electron chi connectivity index (χ2n) is 9.55. The van der Waals surface area contributed by atoms with Crippen LogP contribution in [0, 0.1) is 11.8 Å². The Morgan fingerprint density at radius 1 is 0.964 bits per heavy atom. The summed E-state index contributed by atoms with van der Waals surface area (Å²) in [7, 11) is 2.12. The number of hydrogen-bond acceptors (Lipinski definition) is 4. The first-order valence-electron chi connectivity index (χ1n) is 11.5. The van der Waals surface area contributed by atoms with E-state index in [9.17, 15) is 9.59 Å². The predicted octanol–water partition coefficient (Wildman–Crippen LogP) is 1.65. The number of likely N-dealkylation sites (tertiary alicyclic amines) is 1. The molecular weight excluding hydrogens is 352 g/mol. The lowest BCUT2D eigenvalue weighted by molar-refractivity contribution is -0.144. The lowest BCUT2D eigenvalue weighted by Crippen LogP contribution is -2.65. The average Bonchev–Trinajstić information content (AvgIpc) is 2.70. The Morgan fingerprint density at radius 3 is 2.39 bits per heavy atom. The third kappa shape index (κ3) is 4.09. The van der Waals surface area contributed by atoms with Gasteiger partial charge in [0.25, 0.3) is 0 Å². The molecule has 0 aliphatic carbocycles. The van der Waals surface area contributed by atoms with Gasteiger partial charge in [-0.25, -0.2) is 0 Å². The molecule has 0 aromatic heterocycles. The maximum absolute atomic E-state index is 12.6. The summed E-state index contributed by atoms with van der Waals surface area (Å²) in [6, 6.07) is 1.01. The fourth-order valence-corrected chi connectivity index (χ4v) is 6.40. The molecule has 6 heteroatoms. The van der Waals surface area contributed by atoms with Gasteiger partial charge in [-0.1, -0.05) is 0 Å². The molecule has 0 aromatic carbocycles. The largest absolute Gasteiger partial charge is 0.340 e. The van der Waals surface area contributed by atoms with Gasteiger partial charge >= 0.3 is 0 Å². The predicted molar refractivity (Wildman–Crippen MR) is 110 cm³/mol. The Bertz CT molecular complexity index is 573. The summed E-state index contributed by atoms with van der Waals surface area (Å²) >= 11 is 0. The van der Waals surface area contributed by atoms with Crippen molar-refractivity contribution in [2.45, 2.75) is 64.0 Å². The van der Waals surface area contributed by atoms with Crippen LogP contribution in [0.5, 0.6) is 0 Å². The lowest BCUT2D eigenvalue weighted by Gasteiger charge is -2.57. The van der Waals surface area contributed by atoms with Gasteiger partial charge in [0.2, 0.25) is 11.8 Å². The number of nitrogens with zero attached hydrogens (tertiary/aromatic N) is 4. The molecule has 4 heterocycles. The Labute approximate surface area is 170 Å². The molecule has 0 unspecified atom stereocenters. The van der Waals surface area contributed by atoms with Crippen LogP contribution in [0.3, 0.4) is 0 Å². The van der Waals surface area contributed by atoms with E-state index in [1.807, 2.05) is 4.90 Å². The number of piperidine rings is 3. The van der Waals surface area contributed by atoms with E-state index in [4.69, 9.17) is 0 Å². The third-order valence-corrected chi connectivity index (χ3v) is 7.82. The van der Waals surface area contributed by atoms with E-state index in [1.165, 1.54) is 38.8 Å². The Balaban J connectivity index is 1.37. The minimum atomic E-state index is 0.233. The zero-order chi connectivity index (χ0) is 19.7. The van der Waals surface area contributed by atoms with Gasteiger partial charge < -0.3 is 14.7 Å². The van der Waals surface area contributed by atoms with Crippen LogP contribution in [-0.2, 0) is 9.59 Å². The standard InChI is InChI=1S/C22H38N4O2/c1-17(27)26-16-18-6-4-10-25-11-5-7-19(22(18)25)20(26)8-3-9-21(28)24-14-12-23(2)13-15-24/h18-20,22H,3-16H2,1-2H3/t18-,19+,20+,22-/m0/s1. The average molecular weight is 391 g/mol. The first-order chi connectivity index (χ1) is 13.5. The summed E-state index contributed by atoms with van der Waals surface area (Å²) in [6.45, 7) is 8.84. The van der Waals surface area contributed by atoms with Crippen molar-refractivity contribution < 1.29 is 9.59 Å².